The summed E-state index contributed by atoms with van der Waals surface area (Å²) < 4.78 is 5.29. The van der Waals surface area contributed by atoms with E-state index in [9.17, 15) is 14.9 Å². The van der Waals surface area contributed by atoms with Crippen LogP contribution in [0.25, 0.3) is 0 Å². The van der Waals surface area contributed by atoms with Crippen LogP contribution in [0.5, 0.6) is 5.75 Å². The van der Waals surface area contributed by atoms with Crippen LogP contribution >= 0.6 is 0 Å². The second-order valence-electron chi connectivity index (χ2n) is 4.41. The maximum atomic E-state index is 11.8. The monoisotopic (exact) mass is 324 g/mol. The first kappa shape index (κ1) is 16.6. The second-order valence-corrected chi connectivity index (χ2v) is 4.41. The van der Waals surface area contributed by atoms with Crippen LogP contribution in [-0.2, 0) is 0 Å². The Hall–Kier alpha value is -3.73. The van der Waals surface area contributed by atoms with Crippen molar-refractivity contribution in [2.24, 2.45) is 5.10 Å². The van der Waals surface area contributed by atoms with Crippen LogP contribution in [0.1, 0.15) is 15.9 Å². The van der Waals surface area contributed by atoms with Gasteiger partial charge in [0.2, 0.25) is 0 Å². The fourth-order valence-electron chi connectivity index (χ4n) is 1.73. The van der Waals surface area contributed by atoms with E-state index in [1.807, 2.05) is 0 Å². The van der Waals surface area contributed by atoms with Crippen LogP contribution in [0.2, 0.25) is 0 Å². The molecule has 0 spiro atoms. The van der Waals surface area contributed by atoms with Gasteiger partial charge in [-0.15, -0.1) is 6.42 Å². The molecule has 0 aliphatic rings. The van der Waals surface area contributed by atoms with E-state index in [-0.39, 0.29) is 12.3 Å². The van der Waals surface area contributed by atoms with Crippen molar-refractivity contribution in [2.45, 2.75) is 0 Å². The van der Waals surface area contributed by atoms with Crippen molar-refractivity contribution in [3.8, 4) is 18.1 Å². The van der Waals surface area contributed by atoms with Gasteiger partial charge in [0.25, 0.3) is 11.6 Å². The number of hydrogen-bond donors (Lipinski definition) is 1. The molecule has 1 amide bonds. The highest BCUT2D eigenvalue weighted by Gasteiger charge is 2.11. The zero-order chi connectivity index (χ0) is 17.4. The molecule has 1 N–H and O–H groups in total. The van der Waals surface area contributed by atoms with Gasteiger partial charge in [0.1, 0.15) is 12.4 Å². The van der Waals surface area contributed by atoms with Crippen molar-refractivity contribution in [3.63, 3.8) is 0 Å². The summed E-state index contributed by atoms with van der Waals surface area (Å²) in [7, 11) is 0. The summed E-state index contributed by atoms with van der Waals surface area (Å²) in [5.74, 6) is 2.18. The molecule has 2 rings (SSSR count). The zero-order valence-electron chi connectivity index (χ0n) is 12.4. The Labute approximate surface area is 137 Å². The van der Waals surface area contributed by atoms with Crippen molar-refractivity contribution >= 4 is 17.8 Å². The van der Waals surface area contributed by atoms with Gasteiger partial charge in [0, 0.05) is 35.7 Å². The normalized spacial score (nSPS) is 10.1. The van der Waals surface area contributed by atoms with E-state index >= 15 is 0 Å². The highest BCUT2D eigenvalue weighted by Crippen LogP contribution is 2.22. The average molecular weight is 324 g/mol. The number of nitrogens with zero attached hydrogens (tertiary/aromatic N) is 3. The number of terminal acetylenes is 1. The minimum absolute atomic E-state index is 0.00201. The number of non-ortho nitro benzene ring substituents is 1. The van der Waals surface area contributed by atoms with E-state index in [1.165, 1.54) is 48.9 Å². The van der Waals surface area contributed by atoms with Crippen LogP contribution < -0.4 is 10.2 Å². The standard InChI is InChI=1S/C16H12N4O4/c1-2-9-24-15-4-3-14(20(22)23)10-13(15)11-18-19-16(21)12-5-7-17-8-6-12/h1,3-8,10-11H,9H2,(H,19,21)/b18-11-. The summed E-state index contributed by atoms with van der Waals surface area (Å²) in [5.41, 5.74) is 2.88. The van der Waals surface area contributed by atoms with E-state index in [0.717, 1.165) is 0 Å². The Balaban J connectivity index is 2.17. The first-order valence-corrected chi connectivity index (χ1v) is 6.70. The molecule has 24 heavy (non-hydrogen) atoms. The third-order valence-electron chi connectivity index (χ3n) is 2.83. The minimum atomic E-state index is -0.544. The number of aromatic nitrogens is 1. The number of hydrogen-bond acceptors (Lipinski definition) is 6. The number of ether oxygens (including phenoxy) is 1. The number of amides is 1. The second kappa shape index (κ2) is 8.05. The lowest BCUT2D eigenvalue weighted by molar-refractivity contribution is -0.384. The third kappa shape index (κ3) is 4.38. The maximum Gasteiger partial charge on any atom is 0.271 e. The molecular formula is C16H12N4O4. The Morgan fingerprint density at radius 1 is 1.42 bits per heavy atom. The molecule has 0 atom stereocenters. The number of benzene rings is 1. The quantitative estimate of drug-likeness (QED) is 0.377. The summed E-state index contributed by atoms with van der Waals surface area (Å²) >= 11 is 0. The maximum absolute atomic E-state index is 11.8. The lowest BCUT2D eigenvalue weighted by Crippen LogP contribution is -2.17. The zero-order valence-corrected chi connectivity index (χ0v) is 12.4. The predicted octanol–water partition coefficient (Wildman–Crippen LogP) is 1.77. The molecule has 8 nitrogen and oxygen atoms in total. The molecule has 0 saturated heterocycles. The SMILES string of the molecule is C#CCOc1ccc([N+](=O)[O-])cc1/C=N\NC(=O)c1ccncc1. The average Bonchev–Trinajstić information content (AvgIpc) is 2.61. The summed E-state index contributed by atoms with van der Waals surface area (Å²) in [5, 5.41) is 14.6. The Morgan fingerprint density at radius 3 is 2.83 bits per heavy atom. The van der Waals surface area contributed by atoms with Crippen LogP contribution in [-0.4, -0.2) is 28.6 Å². The van der Waals surface area contributed by atoms with E-state index in [0.29, 0.717) is 16.9 Å². The Morgan fingerprint density at radius 2 is 2.17 bits per heavy atom. The van der Waals surface area contributed by atoms with Crippen molar-refractivity contribution in [3.05, 3.63) is 64.0 Å². The number of carbonyl (C=O) groups is 1. The smallest absolute Gasteiger partial charge is 0.271 e. The van der Waals surface area contributed by atoms with Gasteiger partial charge in [-0.3, -0.25) is 19.9 Å². The Kier molecular flexibility index (Phi) is 5.58. The molecule has 0 radical (unpaired) electrons. The molecule has 0 aliphatic carbocycles. The fourth-order valence-corrected chi connectivity index (χ4v) is 1.73. The van der Waals surface area contributed by atoms with E-state index in [2.05, 4.69) is 21.4 Å². The van der Waals surface area contributed by atoms with Crippen molar-refractivity contribution in [2.75, 3.05) is 6.61 Å². The topological polar surface area (TPSA) is 107 Å². The summed E-state index contributed by atoms with van der Waals surface area (Å²) in [4.78, 5) is 26.0. The first-order valence-electron chi connectivity index (χ1n) is 6.70. The summed E-state index contributed by atoms with van der Waals surface area (Å²) in [6.45, 7) is 0.00201. The molecule has 0 bridgehead atoms. The largest absolute Gasteiger partial charge is 0.480 e. The van der Waals surface area contributed by atoms with Gasteiger partial charge in [0.05, 0.1) is 11.1 Å². The number of hydrazone groups is 1. The van der Waals surface area contributed by atoms with Crippen molar-refractivity contribution in [1.82, 2.24) is 10.4 Å². The number of rotatable bonds is 6. The fraction of sp³-hybridized carbons (Fsp3) is 0.0625. The number of nitrogens with one attached hydrogen (secondary N) is 1. The van der Waals surface area contributed by atoms with Gasteiger partial charge in [-0.05, 0) is 18.2 Å². The number of pyridine rings is 1. The van der Waals surface area contributed by atoms with Crippen LogP contribution in [0.15, 0.2) is 47.8 Å². The molecule has 1 aromatic carbocycles. The van der Waals surface area contributed by atoms with Gasteiger partial charge in [-0.1, -0.05) is 5.92 Å². The molecule has 8 heteroatoms. The van der Waals surface area contributed by atoms with Crippen LogP contribution in [0.3, 0.4) is 0 Å². The molecule has 1 heterocycles. The van der Waals surface area contributed by atoms with E-state index in [4.69, 9.17) is 11.2 Å². The lowest BCUT2D eigenvalue weighted by Gasteiger charge is -2.06. The predicted molar refractivity (Wildman–Crippen MR) is 86.7 cm³/mol. The number of nitro benzene ring substituents is 1. The molecule has 1 aromatic heterocycles. The van der Waals surface area contributed by atoms with Gasteiger partial charge >= 0.3 is 0 Å². The van der Waals surface area contributed by atoms with Crippen molar-refractivity contribution in [1.29, 1.82) is 0 Å². The molecular weight excluding hydrogens is 312 g/mol. The third-order valence-corrected chi connectivity index (χ3v) is 2.83. The minimum Gasteiger partial charge on any atom is -0.480 e. The molecule has 0 aliphatic heterocycles. The van der Waals surface area contributed by atoms with E-state index < -0.39 is 10.8 Å². The van der Waals surface area contributed by atoms with Gasteiger partial charge in [0.15, 0.2) is 0 Å². The van der Waals surface area contributed by atoms with Gasteiger partial charge in [-0.25, -0.2) is 5.43 Å². The van der Waals surface area contributed by atoms with Gasteiger partial charge in [-0.2, -0.15) is 5.10 Å². The molecule has 0 saturated carbocycles. The molecule has 2 aromatic rings. The highest BCUT2D eigenvalue weighted by molar-refractivity contribution is 5.95. The summed E-state index contributed by atoms with van der Waals surface area (Å²) in [6.07, 6.45) is 9.33. The molecule has 0 fully saturated rings. The molecule has 0 unspecified atom stereocenters. The molecule has 120 valence electrons. The van der Waals surface area contributed by atoms with Crippen LogP contribution in [0, 0.1) is 22.5 Å². The number of carbonyl (C=O) groups excluding carboxylic acids is 1. The van der Waals surface area contributed by atoms with E-state index in [1.54, 1.807) is 0 Å². The first-order chi connectivity index (χ1) is 11.6. The Bertz CT molecular complexity index is 813. The van der Waals surface area contributed by atoms with Crippen molar-refractivity contribution < 1.29 is 14.5 Å². The van der Waals surface area contributed by atoms with Gasteiger partial charge < -0.3 is 4.74 Å². The van der Waals surface area contributed by atoms with Crippen LogP contribution in [0.4, 0.5) is 5.69 Å². The summed E-state index contributed by atoms with van der Waals surface area (Å²) in [6, 6.07) is 7.04. The lowest BCUT2D eigenvalue weighted by atomic mass is 10.2. The number of nitro groups is 1. The highest BCUT2D eigenvalue weighted by atomic mass is 16.6.